The number of hydrogen-bond acceptors (Lipinski definition) is 8. The van der Waals surface area contributed by atoms with Gasteiger partial charge in [-0.3, -0.25) is 0 Å². The molecule has 0 radical (unpaired) electrons. The average molecular weight is 598 g/mol. The van der Waals surface area contributed by atoms with Crippen molar-refractivity contribution in [3.63, 3.8) is 0 Å². The lowest BCUT2D eigenvalue weighted by molar-refractivity contribution is 0.0600. The van der Waals surface area contributed by atoms with Crippen LogP contribution in [0, 0.1) is 6.92 Å². The van der Waals surface area contributed by atoms with Gasteiger partial charge >= 0.3 is 11.9 Å². The topological polar surface area (TPSA) is 83.1 Å². The molecule has 7 nitrogen and oxygen atoms in total. The summed E-state index contributed by atoms with van der Waals surface area (Å²) in [5, 5.41) is 3.66. The Morgan fingerprint density at radius 1 is 0.860 bits per heavy atom. The normalized spacial score (nSPS) is 14.2. The zero-order chi connectivity index (χ0) is 30.9. The van der Waals surface area contributed by atoms with E-state index >= 15 is 0 Å². The number of methoxy groups -OCH3 is 3. The molecule has 1 unspecified atom stereocenters. The fourth-order valence-corrected chi connectivity index (χ4v) is 6.60. The van der Waals surface area contributed by atoms with Gasteiger partial charge < -0.3 is 24.3 Å². The predicted molar refractivity (Wildman–Crippen MR) is 170 cm³/mol. The highest BCUT2D eigenvalue weighted by atomic mass is 32.1. The number of fused-ring (bicyclic) bond motifs is 1. The number of aryl methyl sites for hydroxylation is 1. The molecule has 1 aromatic heterocycles. The van der Waals surface area contributed by atoms with Crippen LogP contribution in [0.2, 0.25) is 0 Å². The second-order valence-electron chi connectivity index (χ2n) is 11.0. The molecule has 1 N–H and O–H groups in total. The number of anilines is 1. The molecule has 1 atom stereocenters. The average Bonchev–Trinajstić information content (AvgIpc) is 3.42. The fourth-order valence-electron chi connectivity index (χ4n) is 5.64. The van der Waals surface area contributed by atoms with Gasteiger partial charge in [0.15, 0.2) is 0 Å². The molecular formula is C35H35NO6S. The standard InChI is InChI=1S/C35H35NO6S/c1-20-19-35(3,4)36-27-15-14-26(31(30(20)27)32(40-6)29-16-11-21(2)43-29)25-13-12-24(18-28(25)39-5)42-34(38)23-10-8-9-22(17-23)33(37)41-7/h8-19,32,36H,1-7H3. The fraction of sp³-hybridized carbons (Fsp3) is 0.257. The van der Waals surface area contributed by atoms with Crippen LogP contribution in [0.5, 0.6) is 11.5 Å². The maximum atomic E-state index is 13.0. The number of ether oxygens (including phenoxy) is 4. The SMILES string of the molecule is COC(=O)c1cccc(C(=O)Oc2ccc(-c3ccc4c(c3C(OC)c3ccc(C)s3)C(C)=CC(C)(C)N4)c(OC)c2)c1. The molecule has 8 heteroatoms. The highest BCUT2D eigenvalue weighted by Crippen LogP contribution is 2.48. The molecular weight excluding hydrogens is 562 g/mol. The Bertz CT molecular complexity index is 1730. The van der Waals surface area contributed by atoms with Gasteiger partial charge in [0.1, 0.15) is 17.6 Å². The molecule has 43 heavy (non-hydrogen) atoms. The van der Waals surface area contributed by atoms with E-state index in [-0.39, 0.29) is 22.8 Å². The summed E-state index contributed by atoms with van der Waals surface area (Å²) in [5.74, 6) is -0.280. The summed E-state index contributed by atoms with van der Waals surface area (Å²) in [6.07, 6.45) is 1.92. The molecule has 0 bridgehead atoms. The maximum Gasteiger partial charge on any atom is 0.343 e. The van der Waals surface area contributed by atoms with Crippen molar-refractivity contribution in [3.8, 4) is 22.6 Å². The summed E-state index contributed by atoms with van der Waals surface area (Å²) in [6.45, 7) is 8.53. The van der Waals surface area contributed by atoms with E-state index in [1.54, 1.807) is 55.9 Å². The highest BCUT2D eigenvalue weighted by molar-refractivity contribution is 7.12. The molecule has 0 fully saturated rings. The molecule has 0 amide bonds. The van der Waals surface area contributed by atoms with Crippen molar-refractivity contribution >= 4 is 34.5 Å². The number of rotatable bonds is 8. The summed E-state index contributed by atoms with van der Waals surface area (Å²) in [4.78, 5) is 27.2. The molecule has 0 saturated carbocycles. The predicted octanol–water partition coefficient (Wildman–Crippen LogP) is 8.08. The minimum Gasteiger partial charge on any atom is -0.496 e. The van der Waals surface area contributed by atoms with E-state index in [9.17, 15) is 9.59 Å². The van der Waals surface area contributed by atoms with Gasteiger partial charge in [0.05, 0.1) is 30.9 Å². The molecule has 0 aliphatic carbocycles. The molecule has 1 aliphatic heterocycles. The van der Waals surface area contributed by atoms with Crippen molar-refractivity contribution in [2.24, 2.45) is 0 Å². The summed E-state index contributed by atoms with van der Waals surface area (Å²) in [6, 6.07) is 20.0. The third-order valence-electron chi connectivity index (χ3n) is 7.38. The number of carbonyl (C=O) groups excluding carboxylic acids is 2. The highest BCUT2D eigenvalue weighted by Gasteiger charge is 2.31. The molecule has 0 saturated heterocycles. The van der Waals surface area contributed by atoms with Crippen LogP contribution in [0.15, 0.2) is 72.8 Å². The minimum absolute atomic E-state index is 0.197. The first-order valence-electron chi connectivity index (χ1n) is 13.9. The number of thiophene rings is 1. The number of carbonyl (C=O) groups is 2. The molecule has 222 valence electrons. The van der Waals surface area contributed by atoms with Crippen molar-refractivity contribution in [2.75, 3.05) is 26.6 Å². The number of allylic oxidation sites excluding steroid dienone is 1. The third kappa shape index (κ3) is 6.07. The number of benzene rings is 3. The summed E-state index contributed by atoms with van der Waals surface area (Å²) in [5.41, 5.74) is 6.40. The van der Waals surface area contributed by atoms with E-state index < -0.39 is 11.9 Å². The van der Waals surface area contributed by atoms with Gasteiger partial charge in [0.2, 0.25) is 0 Å². The molecule has 1 aliphatic rings. The number of esters is 2. The van der Waals surface area contributed by atoms with Crippen molar-refractivity contribution in [1.82, 2.24) is 0 Å². The Hall–Kier alpha value is -4.40. The smallest absolute Gasteiger partial charge is 0.343 e. The first-order chi connectivity index (χ1) is 20.5. The molecule has 0 spiro atoms. The van der Waals surface area contributed by atoms with Gasteiger partial charge in [0.25, 0.3) is 0 Å². The molecule has 2 heterocycles. The van der Waals surface area contributed by atoms with Gasteiger partial charge in [-0.15, -0.1) is 11.3 Å². The van der Waals surface area contributed by atoms with Crippen LogP contribution < -0.4 is 14.8 Å². The second-order valence-corrected chi connectivity index (χ2v) is 12.3. The van der Waals surface area contributed by atoms with E-state index in [0.29, 0.717) is 11.5 Å². The molecule has 3 aromatic carbocycles. The summed E-state index contributed by atoms with van der Waals surface area (Å²) in [7, 11) is 4.62. The quantitative estimate of drug-likeness (QED) is 0.162. The Labute approximate surface area is 256 Å². The summed E-state index contributed by atoms with van der Waals surface area (Å²) >= 11 is 1.71. The zero-order valence-corrected chi connectivity index (χ0v) is 26.2. The van der Waals surface area contributed by atoms with Crippen LogP contribution in [0.4, 0.5) is 5.69 Å². The molecule has 4 aromatic rings. The monoisotopic (exact) mass is 597 g/mol. The van der Waals surface area contributed by atoms with E-state index in [1.807, 2.05) is 6.07 Å². The van der Waals surface area contributed by atoms with Gasteiger partial charge in [0, 0.05) is 45.3 Å². The Morgan fingerprint density at radius 3 is 2.23 bits per heavy atom. The van der Waals surface area contributed by atoms with Crippen molar-refractivity contribution in [2.45, 2.75) is 39.3 Å². The van der Waals surface area contributed by atoms with Crippen LogP contribution in [0.25, 0.3) is 16.7 Å². The first kappa shape index (κ1) is 30.1. The van der Waals surface area contributed by atoms with E-state index in [0.717, 1.165) is 38.4 Å². The lowest BCUT2D eigenvalue weighted by Gasteiger charge is -2.35. The Balaban J connectivity index is 1.59. The van der Waals surface area contributed by atoms with Crippen LogP contribution in [-0.2, 0) is 9.47 Å². The van der Waals surface area contributed by atoms with Crippen molar-refractivity contribution < 1.29 is 28.5 Å². The van der Waals surface area contributed by atoms with Crippen LogP contribution in [0.1, 0.15) is 68.5 Å². The zero-order valence-electron chi connectivity index (χ0n) is 25.4. The Kier molecular flexibility index (Phi) is 8.44. The second kappa shape index (κ2) is 12.1. The largest absolute Gasteiger partial charge is 0.496 e. The van der Waals surface area contributed by atoms with E-state index in [2.05, 4.69) is 63.4 Å². The minimum atomic E-state index is -0.600. The number of nitrogens with one attached hydrogen (secondary N) is 1. The van der Waals surface area contributed by atoms with Gasteiger partial charge in [-0.05, 0) is 87.4 Å². The lowest BCUT2D eigenvalue weighted by Crippen LogP contribution is -2.32. The van der Waals surface area contributed by atoms with Gasteiger partial charge in [-0.25, -0.2) is 9.59 Å². The van der Waals surface area contributed by atoms with E-state index in [1.165, 1.54) is 18.1 Å². The number of hydrogen-bond donors (Lipinski definition) is 1. The van der Waals surface area contributed by atoms with Gasteiger partial charge in [-0.1, -0.05) is 18.2 Å². The van der Waals surface area contributed by atoms with E-state index in [4.69, 9.17) is 18.9 Å². The first-order valence-corrected chi connectivity index (χ1v) is 14.7. The van der Waals surface area contributed by atoms with Crippen LogP contribution in [0.3, 0.4) is 0 Å². The van der Waals surface area contributed by atoms with Crippen molar-refractivity contribution in [1.29, 1.82) is 0 Å². The maximum absolute atomic E-state index is 13.0. The lowest BCUT2D eigenvalue weighted by atomic mass is 9.82. The van der Waals surface area contributed by atoms with Gasteiger partial charge in [-0.2, -0.15) is 0 Å². The third-order valence-corrected chi connectivity index (χ3v) is 8.43. The van der Waals surface area contributed by atoms with Crippen molar-refractivity contribution in [3.05, 3.63) is 105 Å². The summed E-state index contributed by atoms with van der Waals surface area (Å²) < 4.78 is 22.5. The Morgan fingerprint density at radius 2 is 1.58 bits per heavy atom. The van der Waals surface area contributed by atoms with Crippen LogP contribution in [-0.4, -0.2) is 38.8 Å². The molecule has 5 rings (SSSR count). The van der Waals surface area contributed by atoms with Crippen LogP contribution >= 0.6 is 11.3 Å².